The lowest BCUT2D eigenvalue weighted by molar-refractivity contribution is -0.139. The highest BCUT2D eigenvalue weighted by atomic mass is 35.5. The Balaban J connectivity index is 2.29. The Labute approximate surface area is 116 Å². The molecular weight excluding hydrogens is 268 g/mol. The minimum Gasteiger partial charge on any atom is -0.482 e. The van der Waals surface area contributed by atoms with Gasteiger partial charge in [-0.05, 0) is 30.0 Å². The summed E-state index contributed by atoms with van der Waals surface area (Å²) in [5.74, 6) is -0.391. The summed E-state index contributed by atoms with van der Waals surface area (Å²) in [5, 5.41) is 8.92. The fourth-order valence-electron chi connectivity index (χ4n) is 2.35. The van der Waals surface area contributed by atoms with Crippen molar-refractivity contribution in [3.05, 3.63) is 28.3 Å². The molecule has 0 bridgehead atoms. The second-order valence-corrected chi connectivity index (χ2v) is 5.45. The number of Topliss-reactive ketones (excluding diaryl/α,β-unsaturated/α-hetero) is 1. The lowest BCUT2D eigenvalue weighted by atomic mass is 9.92. The van der Waals surface area contributed by atoms with E-state index < -0.39 is 12.6 Å². The molecule has 1 N–H and O–H groups in total. The highest BCUT2D eigenvalue weighted by molar-refractivity contribution is 6.34. The van der Waals surface area contributed by atoms with Crippen molar-refractivity contribution in [3.8, 4) is 5.75 Å². The molecule has 102 valence electrons. The maximum Gasteiger partial charge on any atom is 0.341 e. The molecule has 1 atom stereocenters. The van der Waals surface area contributed by atoms with Crippen LogP contribution in [0.3, 0.4) is 0 Å². The maximum atomic E-state index is 12.2. The van der Waals surface area contributed by atoms with Gasteiger partial charge in [0.2, 0.25) is 0 Å². The van der Waals surface area contributed by atoms with Crippen LogP contribution in [0.15, 0.2) is 12.1 Å². The third-order valence-electron chi connectivity index (χ3n) is 3.34. The summed E-state index contributed by atoms with van der Waals surface area (Å²) in [7, 11) is 0. The topological polar surface area (TPSA) is 63.6 Å². The second kappa shape index (κ2) is 5.21. The van der Waals surface area contributed by atoms with Crippen LogP contribution in [0.4, 0.5) is 0 Å². The van der Waals surface area contributed by atoms with Gasteiger partial charge in [0.05, 0.1) is 5.02 Å². The number of carbonyl (C=O) groups excluding carboxylic acids is 1. The molecule has 0 saturated heterocycles. The number of carboxylic acid groups (broad SMARTS) is 1. The van der Waals surface area contributed by atoms with Crippen LogP contribution in [0.5, 0.6) is 5.75 Å². The van der Waals surface area contributed by atoms with Gasteiger partial charge in [0.1, 0.15) is 5.75 Å². The molecule has 1 aromatic carbocycles. The molecule has 0 spiro atoms. The van der Waals surface area contributed by atoms with Crippen molar-refractivity contribution in [2.45, 2.75) is 20.3 Å². The van der Waals surface area contributed by atoms with E-state index in [1.54, 1.807) is 6.07 Å². The summed E-state index contributed by atoms with van der Waals surface area (Å²) in [6.07, 6.45) is 0.635. The van der Waals surface area contributed by atoms with Gasteiger partial charge in [-0.15, -0.1) is 0 Å². The molecule has 0 radical (unpaired) electrons. The van der Waals surface area contributed by atoms with Crippen molar-refractivity contribution in [2.75, 3.05) is 6.61 Å². The van der Waals surface area contributed by atoms with E-state index in [-0.39, 0.29) is 17.6 Å². The largest absolute Gasteiger partial charge is 0.482 e. The normalized spacial score (nSPS) is 17.7. The summed E-state index contributed by atoms with van der Waals surface area (Å²) < 4.78 is 5.11. The molecule has 0 aromatic heterocycles. The first kappa shape index (κ1) is 13.9. The smallest absolute Gasteiger partial charge is 0.341 e. The zero-order valence-corrected chi connectivity index (χ0v) is 11.5. The fraction of sp³-hybridized carbons (Fsp3) is 0.429. The zero-order valence-electron chi connectivity index (χ0n) is 10.8. The Morgan fingerprint density at radius 3 is 2.79 bits per heavy atom. The number of ketones is 1. The number of benzene rings is 1. The van der Waals surface area contributed by atoms with Crippen LogP contribution in [-0.4, -0.2) is 23.5 Å². The molecule has 1 aliphatic rings. The minimum absolute atomic E-state index is 0.0535. The summed E-state index contributed by atoms with van der Waals surface area (Å²) in [6.45, 7) is 3.59. The molecule has 0 aliphatic heterocycles. The van der Waals surface area contributed by atoms with E-state index in [1.165, 1.54) is 6.07 Å². The Hall–Kier alpha value is -1.55. The Morgan fingerprint density at radius 1 is 1.53 bits per heavy atom. The van der Waals surface area contributed by atoms with E-state index in [0.717, 1.165) is 5.56 Å². The van der Waals surface area contributed by atoms with E-state index in [9.17, 15) is 9.59 Å². The number of carbonyl (C=O) groups is 2. The molecule has 5 heteroatoms. The van der Waals surface area contributed by atoms with E-state index in [2.05, 4.69) is 0 Å². The number of hydrogen-bond acceptors (Lipinski definition) is 3. The van der Waals surface area contributed by atoms with Gasteiger partial charge in [0.15, 0.2) is 12.4 Å². The van der Waals surface area contributed by atoms with Crippen LogP contribution in [0.25, 0.3) is 0 Å². The van der Waals surface area contributed by atoms with Gasteiger partial charge >= 0.3 is 5.97 Å². The first-order valence-electron chi connectivity index (χ1n) is 6.11. The molecule has 1 unspecified atom stereocenters. The third-order valence-corrected chi connectivity index (χ3v) is 3.63. The van der Waals surface area contributed by atoms with Gasteiger partial charge in [0, 0.05) is 11.5 Å². The van der Waals surface area contributed by atoms with Crippen LogP contribution in [0.1, 0.15) is 29.8 Å². The molecule has 1 aliphatic carbocycles. The molecule has 0 fully saturated rings. The highest BCUT2D eigenvalue weighted by Gasteiger charge is 2.34. The van der Waals surface area contributed by atoms with E-state index in [1.807, 2.05) is 13.8 Å². The number of ether oxygens (including phenoxy) is 1. The van der Waals surface area contributed by atoms with Crippen LogP contribution in [-0.2, 0) is 11.2 Å². The van der Waals surface area contributed by atoms with E-state index in [4.69, 9.17) is 21.4 Å². The van der Waals surface area contributed by atoms with Gasteiger partial charge in [-0.2, -0.15) is 0 Å². The number of halogens is 1. The van der Waals surface area contributed by atoms with E-state index >= 15 is 0 Å². The number of fused-ring (bicyclic) bond motifs is 1. The van der Waals surface area contributed by atoms with E-state index in [0.29, 0.717) is 22.8 Å². The van der Waals surface area contributed by atoms with Crippen molar-refractivity contribution in [2.24, 2.45) is 11.8 Å². The fourth-order valence-corrected chi connectivity index (χ4v) is 2.68. The summed E-state index contributed by atoms with van der Waals surface area (Å²) in [5.41, 5.74) is 1.40. The molecule has 2 rings (SSSR count). The van der Waals surface area contributed by atoms with Gasteiger partial charge in [-0.3, -0.25) is 4.79 Å². The number of carboxylic acids is 1. The van der Waals surface area contributed by atoms with Gasteiger partial charge in [-0.1, -0.05) is 25.4 Å². The Morgan fingerprint density at radius 2 is 2.21 bits per heavy atom. The van der Waals surface area contributed by atoms with Crippen molar-refractivity contribution in [3.63, 3.8) is 0 Å². The minimum atomic E-state index is -1.05. The van der Waals surface area contributed by atoms with Gasteiger partial charge in [0.25, 0.3) is 0 Å². The first-order valence-corrected chi connectivity index (χ1v) is 6.49. The number of aliphatic carboxylic acids is 1. The summed E-state index contributed by atoms with van der Waals surface area (Å²) >= 11 is 6.11. The predicted molar refractivity (Wildman–Crippen MR) is 70.9 cm³/mol. The lowest BCUT2D eigenvalue weighted by Gasteiger charge is -2.10. The molecule has 0 saturated carbocycles. The van der Waals surface area contributed by atoms with Gasteiger partial charge in [-0.25, -0.2) is 4.79 Å². The molecule has 1 aromatic rings. The van der Waals surface area contributed by atoms with Crippen molar-refractivity contribution < 1.29 is 19.4 Å². The predicted octanol–water partition coefficient (Wildman–Crippen LogP) is 2.81. The van der Waals surface area contributed by atoms with Crippen LogP contribution in [0.2, 0.25) is 5.02 Å². The number of rotatable bonds is 4. The quantitative estimate of drug-likeness (QED) is 0.922. The second-order valence-electron chi connectivity index (χ2n) is 5.04. The average molecular weight is 283 g/mol. The highest BCUT2D eigenvalue weighted by Crippen LogP contribution is 2.38. The summed E-state index contributed by atoms with van der Waals surface area (Å²) in [4.78, 5) is 22.7. The zero-order chi connectivity index (χ0) is 14.2. The third kappa shape index (κ3) is 2.73. The average Bonchev–Trinajstić information content (AvgIpc) is 2.64. The maximum absolute atomic E-state index is 12.2. The molecular formula is C14H15ClO4. The number of hydrogen-bond donors (Lipinski definition) is 1. The molecule has 4 nitrogen and oxygen atoms in total. The Kier molecular flexibility index (Phi) is 3.80. The monoisotopic (exact) mass is 282 g/mol. The van der Waals surface area contributed by atoms with Crippen molar-refractivity contribution >= 4 is 23.4 Å². The SMILES string of the molecule is CC(C)C1Cc2cc(OCC(=O)O)cc(Cl)c2C1=O. The van der Waals surface area contributed by atoms with Crippen LogP contribution in [0, 0.1) is 11.8 Å². The first-order chi connectivity index (χ1) is 8.90. The van der Waals surface area contributed by atoms with Gasteiger partial charge < -0.3 is 9.84 Å². The summed E-state index contributed by atoms with van der Waals surface area (Å²) in [6, 6.07) is 3.22. The van der Waals surface area contributed by atoms with Crippen LogP contribution < -0.4 is 4.74 Å². The van der Waals surface area contributed by atoms with Crippen molar-refractivity contribution in [1.29, 1.82) is 0 Å². The van der Waals surface area contributed by atoms with Crippen molar-refractivity contribution in [1.82, 2.24) is 0 Å². The molecule has 0 heterocycles. The molecule has 19 heavy (non-hydrogen) atoms. The molecule has 0 amide bonds. The standard InChI is InChI=1S/C14H15ClO4/c1-7(2)10-4-8-3-9(19-6-12(16)17)5-11(15)13(8)14(10)18/h3,5,7,10H,4,6H2,1-2H3,(H,16,17). The lowest BCUT2D eigenvalue weighted by Crippen LogP contribution is -2.15. The van der Waals surface area contributed by atoms with Crippen LogP contribution >= 0.6 is 11.6 Å². The Bertz CT molecular complexity index is 536.